The van der Waals surface area contributed by atoms with Gasteiger partial charge in [0.1, 0.15) is 18.3 Å². The maximum atomic E-state index is 11.8. The minimum Gasteiger partial charge on any atom is -0.387 e. The molecule has 0 saturated carbocycles. The van der Waals surface area contributed by atoms with Gasteiger partial charge < -0.3 is 24.5 Å². The molecule has 0 aromatic carbocycles. The monoisotopic (exact) mass is 270 g/mol. The summed E-state index contributed by atoms with van der Waals surface area (Å²) in [5.74, 6) is 0. The van der Waals surface area contributed by atoms with E-state index in [4.69, 9.17) is 9.47 Å². The summed E-state index contributed by atoms with van der Waals surface area (Å²) in [6.45, 7) is 0. The second kappa shape index (κ2) is 4.10. The third-order valence-electron chi connectivity index (χ3n) is 3.18. The van der Waals surface area contributed by atoms with Crippen LogP contribution in [0.15, 0.2) is 15.7 Å². The van der Waals surface area contributed by atoms with Gasteiger partial charge in [0.25, 0.3) is 5.56 Å². The molecule has 1 fully saturated rings. The van der Waals surface area contributed by atoms with Crippen molar-refractivity contribution in [1.29, 1.82) is 0 Å². The molecule has 0 aliphatic carbocycles. The fourth-order valence-electron chi connectivity index (χ4n) is 2.34. The Hall–Kier alpha value is -1.81. The van der Waals surface area contributed by atoms with Gasteiger partial charge >= 0.3 is 5.69 Å². The molecule has 3 rings (SSSR count). The first kappa shape index (κ1) is 12.2. The fourth-order valence-corrected chi connectivity index (χ4v) is 2.34. The molecule has 0 spiro atoms. The van der Waals surface area contributed by atoms with Crippen LogP contribution >= 0.6 is 0 Å². The molecule has 102 valence electrons. The van der Waals surface area contributed by atoms with Crippen molar-refractivity contribution in [1.82, 2.24) is 9.55 Å². The Morgan fingerprint density at radius 1 is 1.32 bits per heavy atom. The summed E-state index contributed by atoms with van der Waals surface area (Å²) >= 11 is 0. The maximum absolute atomic E-state index is 11.8. The molecule has 1 aromatic heterocycles. The molecular formula is C10H10N2O7. The van der Waals surface area contributed by atoms with Crippen LogP contribution < -0.4 is 11.2 Å². The summed E-state index contributed by atoms with van der Waals surface area (Å²) in [5.41, 5.74) is -1.59. The first-order chi connectivity index (χ1) is 9.02. The largest absolute Gasteiger partial charge is 0.387 e. The number of nitrogens with one attached hydrogen (secondary N) is 1. The van der Waals surface area contributed by atoms with Crippen LogP contribution in [0.2, 0.25) is 0 Å². The summed E-state index contributed by atoms with van der Waals surface area (Å²) in [5, 5.41) is 19.5. The number of rotatable bonds is 1. The van der Waals surface area contributed by atoms with E-state index in [1.807, 2.05) is 4.98 Å². The standard InChI is InChI=1S/C10H10N2O7/c13-2-4-6(15)7-8(18-4)12-3(9(16)19-7)1-5(14)11-10(12)17/h1-2,4,6-9,15-16H,(H,11,14,17)/t4-,6-,7+,8-,9?/m1/s1. The van der Waals surface area contributed by atoms with Crippen molar-refractivity contribution in [3.63, 3.8) is 0 Å². The molecule has 1 saturated heterocycles. The molecule has 2 aliphatic rings. The Kier molecular flexibility index (Phi) is 2.64. The van der Waals surface area contributed by atoms with Gasteiger partial charge in [-0.05, 0) is 0 Å². The van der Waals surface area contributed by atoms with Gasteiger partial charge in [0.15, 0.2) is 18.8 Å². The van der Waals surface area contributed by atoms with Crippen molar-refractivity contribution in [3.05, 3.63) is 32.6 Å². The Bertz CT molecular complexity index is 636. The molecule has 9 nitrogen and oxygen atoms in total. The van der Waals surface area contributed by atoms with E-state index in [-0.39, 0.29) is 5.69 Å². The third kappa shape index (κ3) is 1.67. The molecule has 0 radical (unpaired) electrons. The van der Waals surface area contributed by atoms with Crippen molar-refractivity contribution in [2.75, 3.05) is 0 Å². The molecule has 5 atom stereocenters. The van der Waals surface area contributed by atoms with Crippen molar-refractivity contribution in [2.24, 2.45) is 0 Å². The van der Waals surface area contributed by atoms with Gasteiger partial charge in [0, 0.05) is 6.07 Å². The van der Waals surface area contributed by atoms with Crippen molar-refractivity contribution in [2.45, 2.75) is 30.8 Å². The normalized spacial score (nSPS) is 36.6. The number of aliphatic hydroxyl groups is 2. The molecule has 2 aliphatic heterocycles. The topological polar surface area (TPSA) is 131 Å². The lowest BCUT2D eigenvalue weighted by atomic mass is 10.1. The number of ether oxygens (including phenoxy) is 2. The number of hydrogen-bond acceptors (Lipinski definition) is 7. The number of carbonyl (C=O) groups is 1. The van der Waals surface area contributed by atoms with Gasteiger partial charge in [-0.1, -0.05) is 0 Å². The van der Waals surface area contributed by atoms with Crippen LogP contribution in [0.5, 0.6) is 0 Å². The van der Waals surface area contributed by atoms with Crippen LogP contribution in [0.3, 0.4) is 0 Å². The van der Waals surface area contributed by atoms with Crippen LogP contribution in [0.4, 0.5) is 0 Å². The fraction of sp³-hybridized carbons (Fsp3) is 0.500. The molecule has 0 bridgehead atoms. The first-order valence-electron chi connectivity index (χ1n) is 5.51. The highest BCUT2D eigenvalue weighted by atomic mass is 16.7. The van der Waals surface area contributed by atoms with Crippen LogP contribution in [-0.2, 0) is 14.3 Å². The summed E-state index contributed by atoms with van der Waals surface area (Å²) in [6, 6.07) is 0.992. The number of carbonyl (C=O) groups excluding carboxylic acids is 1. The number of aromatic nitrogens is 2. The lowest BCUT2D eigenvalue weighted by Crippen LogP contribution is -2.46. The van der Waals surface area contributed by atoms with E-state index >= 15 is 0 Å². The van der Waals surface area contributed by atoms with Gasteiger partial charge in [-0.3, -0.25) is 14.3 Å². The minimum atomic E-state index is -1.56. The van der Waals surface area contributed by atoms with Crippen LogP contribution in [0.25, 0.3) is 0 Å². The molecule has 9 heteroatoms. The second-order valence-electron chi connectivity index (χ2n) is 4.30. The summed E-state index contributed by atoms with van der Waals surface area (Å²) in [6.07, 6.45) is -5.78. The van der Waals surface area contributed by atoms with Gasteiger partial charge in [0.2, 0.25) is 0 Å². The number of aliphatic hydroxyl groups excluding tert-OH is 2. The van der Waals surface area contributed by atoms with Gasteiger partial charge in [-0.2, -0.15) is 0 Å². The molecule has 19 heavy (non-hydrogen) atoms. The molecule has 3 N–H and O–H groups in total. The van der Waals surface area contributed by atoms with E-state index < -0.39 is 42.1 Å². The number of nitrogens with zero attached hydrogens (tertiary/aromatic N) is 1. The average molecular weight is 270 g/mol. The summed E-state index contributed by atoms with van der Waals surface area (Å²) in [7, 11) is 0. The predicted molar refractivity (Wildman–Crippen MR) is 57.1 cm³/mol. The zero-order valence-electron chi connectivity index (χ0n) is 9.42. The molecule has 1 unspecified atom stereocenters. The number of aromatic amines is 1. The van der Waals surface area contributed by atoms with Crippen LogP contribution in [0, 0.1) is 0 Å². The minimum absolute atomic E-state index is 0.0891. The summed E-state index contributed by atoms with van der Waals surface area (Å²) < 4.78 is 11.3. The van der Waals surface area contributed by atoms with E-state index in [9.17, 15) is 24.6 Å². The number of H-pyrrole nitrogens is 1. The third-order valence-corrected chi connectivity index (χ3v) is 3.18. The summed E-state index contributed by atoms with van der Waals surface area (Å²) in [4.78, 5) is 35.7. The number of aldehydes is 1. The SMILES string of the molecule is O=C[C@H]1O[C@@H]2[C@@H](OC(O)c3cc(=O)[nH]c(=O)n32)[C@@H]1O. The lowest BCUT2D eigenvalue weighted by molar-refractivity contribution is -0.208. The van der Waals surface area contributed by atoms with Gasteiger partial charge in [-0.15, -0.1) is 0 Å². The zero-order chi connectivity index (χ0) is 13.7. The Morgan fingerprint density at radius 2 is 2.05 bits per heavy atom. The van der Waals surface area contributed by atoms with Crippen molar-refractivity contribution >= 4 is 6.29 Å². The molecule has 0 amide bonds. The second-order valence-corrected chi connectivity index (χ2v) is 4.30. The van der Waals surface area contributed by atoms with E-state index in [0.717, 1.165) is 10.6 Å². The van der Waals surface area contributed by atoms with Gasteiger partial charge in [-0.25, -0.2) is 4.79 Å². The lowest BCUT2D eigenvalue weighted by Gasteiger charge is -2.32. The molecular weight excluding hydrogens is 260 g/mol. The highest BCUT2D eigenvalue weighted by Crippen LogP contribution is 2.37. The Labute approximate surface area is 105 Å². The van der Waals surface area contributed by atoms with Gasteiger partial charge in [0.05, 0.1) is 5.69 Å². The highest BCUT2D eigenvalue weighted by molar-refractivity contribution is 5.58. The smallest absolute Gasteiger partial charge is 0.330 e. The van der Waals surface area contributed by atoms with E-state index in [1.54, 1.807) is 0 Å². The Morgan fingerprint density at radius 3 is 2.74 bits per heavy atom. The zero-order valence-corrected chi connectivity index (χ0v) is 9.42. The average Bonchev–Trinajstić information content (AvgIpc) is 2.66. The van der Waals surface area contributed by atoms with E-state index in [2.05, 4.69) is 0 Å². The van der Waals surface area contributed by atoms with Crippen LogP contribution in [0.1, 0.15) is 18.2 Å². The Balaban J connectivity index is 2.16. The van der Waals surface area contributed by atoms with E-state index in [1.165, 1.54) is 0 Å². The predicted octanol–water partition coefficient (Wildman–Crippen LogP) is -2.62. The van der Waals surface area contributed by atoms with Crippen molar-refractivity contribution < 1.29 is 24.5 Å². The quantitative estimate of drug-likeness (QED) is 0.476. The molecule has 1 aromatic rings. The highest BCUT2D eigenvalue weighted by Gasteiger charge is 2.50. The number of hydrogen-bond donors (Lipinski definition) is 3. The maximum Gasteiger partial charge on any atom is 0.330 e. The van der Waals surface area contributed by atoms with E-state index in [0.29, 0.717) is 6.29 Å². The first-order valence-corrected chi connectivity index (χ1v) is 5.51. The molecule has 3 heterocycles. The van der Waals surface area contributed by atoms with Crippen LogP contribution in [-0.4, -0.2) is 44.4 Å². The van der Waals surface area contributed by atoms with Crippen molar-refractivity contribution in [3.8, 4) is 0 Å². The number of fused-ring (bicyclic) bond motifs is 3.